The number of sulfone groups is 3. The third-order valence-electron chi connectivity index (χ3n) is 24.2. The Balaban J connectivity index is 0.000000120. The van der Waals surface area contributed by atoms with Crippen molar-refractivity contribution in [1.29, 1.82) is 0 Å². The molecule has 7 aliphatic heterocycles. The molecule has 7 aliphatic rings. The van der Waals surface area contributed by atoms with Crippen LogP contribution in [0.25, 0.3) is 65.9 Å². The lowest BCUT2D eigenvalue weighted by Gasteiger charge is -2.38. The third-order valence-corrected chi connectivity index (χ3v) is 33.0. The van der Waals surface area contributed by atoms with Crippen LogP contribution in [0.2, 0.25) is 5.02 Å². The molecule has 5 aromatic heterocycles. The Kier molecular flexibility index (Phi) is 28.0. The predicted molar refractivity (Wildman–Crippen MR) is 504 cm³/mol. The van der Waals surface area contributed by atoms with E-state index < -0.39 is 48.9 Å². The average molecular weight is 1800 g/mol. The van der Waals surface area contributed by atoms with E-state index in [1.807, 2.05) is 116 Å². The summed E-state index contributed by atoms with van der Waals surface area (Å²) in [6.45, 7) is 14.0. The number of benzene rings is 7. The van der Waals surface area contributed by atoms with Crippen LogP contribution in [-0.2, 0) is 48.9 Å². The van der Waals surface area contributed by atoms with Gasteiger partial charge in [0.15, 0.2) is 15.7 Å². The first-order chi connectivity index (χ1) is 59.6. The molecule has 0 bridgehead atoms. The van der Waals surface area contributed by atoms with E-state index in [1.54, 1.807) is 43.2 Å². The van der Waals surface area contributed by atoms with Crippen LogP contribution in [0.1, 0.15) is 88.2 Å². The van der Waals surface area contributed by atoms with Crippen molar-refractivity contribution >= 4 is 156 Å². The van der Waals surface area contributed by atoms with Gasteiger partial charge in [0, 0.05) is 172 Å². The van der Waals surface area contributed by atoms with Gasteiger partial charge in [-0.3, -0.25) is 8.42 Å². The van der Waals surface area contributed by atoms with E-state index in [0.29, 0.717) is 46.1 Å². The number of nitrogens with zero attached hydrogens (tertiary/aromatic N) is 17. The summed E-state index contributed by atoms with van der Waals surface area (Å²) < 4.78 is 116. The summed E-state index contributed by atoms with van der Waals surface area (Å²) in [4.78, 5) is 56.2. The Morgan fingerprint density at radius 2 is 0.847 bits per heavy atom. The first-order valence-electron chi connectivity index (χ1n) is 42.7. The van der Waals surface area contributed by atoms with E-state index in [0.717, 1.165) is 237 Å². The number of piperidine rings is 5. The zero-order valence-corrected chi connectivity index (χ0v) is 75.6. The topological polar surface area (TPSA) is 288 Å². The van der Waals surface area contributed by atoms with Gasteiger partial charge in [0.25, 0.3) is 0 Å². The molecule has 12 heterocycles. The number of fused-ring (bicyclic) bond motifs is 5. The molecule has 32 heteroatoms. The molecule has 7 aromatic carbocycles. The molecule has 0 aliphatic carbocycles. The van der Waals surface area contributed by atoms with E-state index in [-0.39, 0.29) is 46.9 Å². The molecule has 124 heavy (non-hydrogen) atoms. The van der Waals surface area contributed by atoms with E-state index >= 15 is 0 Å². The number of hydrogen-bond donors (Lipinski definition) is 0. The number of aryl methyl sites for hydroxylation is 2. The van der Waals surface area contributed by atoms with Gasteiger partial charge in [-0.1, -0.05) is 96.5 Å². The maximum Gasteiger partial charge on any atom is 0.178 e. The summed E-state index contributed by atoms with van der Waals surface area (Å²) in [7, 11) is -13.4. The summed E-state index contributed by atoms with van der Waals surface area (Å²) in [6, 6.07) is 50.4. The van der Waals surface area contributed by atoms with Crippen LogP contribution in [0.3, 0.4) is 0 Å². The Morgan fingerprint density at radius 1 is 0.411 bits per heavy atom. The minimum Gasteiger partial charge on any atom is -0.356 e. The van der Waals surface area contributed by atoms with Crippen molar-refractivity contribution in [2.75, 3.05) is 144 Å². The number of aromatic nitrogens is 10. The van der Waals surface area contributed by atoms with Gasteiger partial charge in [-0.25, -0.2) is 88.1 Å². The largest absolute Gasteiger partial charge is 0.356 e. The number of halogens is 2. The van der Waals surface area contributed by atoms with E-state index in [4.69, 9.17) is 21.6 Å². The van der Waals surface area contributed by atoms with Crippen LogP contribution < -0.4 is 24.5 Å². The Bertz CT molecular complexity index is 6290. The Morgan fingerprint density at radius 3 is 1.39 bits per heavy atom. The quantitative estimate of drug-likeness (QED) is 0.0862. The van der Waals surface area contributed by atoms with Gasteiger partial charge in [-0.15, -0.1) is 0 Å². The van der Waals surface area contributed by atoms with Crippen LogP contribution in [0.15, 0.2) is 188 Å². The molecule has 12 aromatic rings. The molecule has 654 valence electrons. The maximum absolute atomic E-state index is 14.0. The van der Waals surface area contributed by atoms with Crippen molar-refractivity contribution in [1.82, 2.24) is 58.5 Å². The molecule has 0 spiro atoms. The van der Waals surface area contributed by atoms with Crippen LogP contribution in [0.4, 0.5) is 33.5 Å². The Hall–Kier alpha value is -9.73. The first-order valence-corrected chi connectivity index (χ1v) is 52.6. The summed E-state index contributed by atoms with van der Waals surface area (Å²) in [5.74, 6) is 15.2. The highest BCUT2D eigenvalue weighted by Gasteiger charge is 2.37. The molecule has 7 atom stereocenters. The van der Waals surface area contributed by atoms with E-state index in [1.165, 1.54) is 30.5 Å². The highest BCUT2D eigenvalue weighted by molar-refractivity contribution is 7.98. The fraction of sp³-hybridized carbons (Fsp3) is 0.413. The fourth-order valence-electron chi connectivity index (χ4n) is 18.7. The van der Waals surface area contributed by atoms with Crippen molar-refractivity contribution in [2.24, 2.45) is 17.8 Å². The van der Waals surface area contributed by atoms with Gasteiger partial charge in [0.05, 0.1) is 44.2 Å². The summed E-state index contributed by atoms with van der Waals surface area (Å²) in [5, 5.41) is 5.45. The molecule has 25 nitrogen and oxygen atoms in total. The van der Waals surface area contributed by atoms with Gasteiger partial charge in [-0.2, -0.15) is 0 Å². The van der Waals surface area contributed by atoms with Crippen LogP contribution >= 0.6 is 11.6 Å². The molecule has 7 fully saturated rings. The molecule has 7 unspecified atom stereocenters. The van der Waals surface area contributed by atoms with Crippen molar-refractivity contribution in [3.05, 3.63) is 205 Å². The van der Waals surface area contributed by atoms with Crippen LogP contribution in [-0.4, -0.2) is 236 Å². The van der Waals surface area contributed by atoms with Gasteiger partial charge < -0.3 is 24.5 Å². The zero-order chi connectivity index (χ0) is 86.9. The fourth-order valence-corrected chi connectivity index (χ4v) is 26.8. The minimum absolute atomic E-state index is 0.0663. The van der Waals surface area contributed by atoms with Gasteiger partial charge in [0.2, 0.25) is 0 Å². The number of para-hydroxylation sites is 4. The lowest BCUT2D eigenvalue weighted by atomic mass is 9.99. The smallest absolute Gasteiger partial charge is 0.178 e. The monoisotopic (exact) mass is 1790 g/mol. The van der Waals surface area contributed by atoms with Gasteiger partial charge in [-0.05, 0) is 204 Å². The molecule has 0 N–H and O–H groups in total. The SMILES string of the molecule is C=S1(=O)CCCN1C1CCCN(c2ncnc3c(C)cccc23)C1.C=S1(=O)CCCN1C1CCCN(c2ncnc3c(F)cccc23)C1.CS(=O)(=O)CC1CCCN(c2nc(-c3ccccc3)nc3ccccc23)C1.CS(=O)(=O)CC1CCCN(c2ncnc3ccccc23)C1.Cc1cccc(S(=O)(=O)CC2CCCN(c3ncnc4cc(Cl)ccc34)C2)c1. The minimum atomic E-state index is -3.31. The number of rotatable bonds is 15. The van der Waals surface area contributed by atoms with Crippen molar-refractivity contribution in [2.45, 2.75) is 108 Å². The zero-order valence-electron chi connectivity index (χ0n) is 70.8. The highest BCUT2D eigenvalue weighted by Crippen LogP contribution is 2.37. The van der Waals surface area contributed by atoms with Gasteiger partial charge in [0.1, 0.15) is 85.4 Å². The van der Waals surface area contributed by atoms with E-state index in [2.05, 4.69) is 110 Å². The predicted octanol–water partition coefficient (Wildman–Crippen LogP) is 14.0. The second-order valence-electron chi connectivity index (χ2n) is 33.9. The summed E-state index contributed by atoms with van der Waals surface area (Å²) >= 11 is 6.08. The highest BCUT2D eigenvalue weighted by atomic mass is 35.5. The maximum atomic E-state index is 14.0. The standard InChI is InChI=1S/C21H22ClN3O2S.C21H23N3O2S.C18H24N4OS.C17H21FN4OS.C15H19N3O2S/c1-15-4-2-6-18(10-15)28(26,27)13-16-5-3-9-25(12-16)21-19-8-7-17(22)11-20(19)23-14-24-21;1-27(25,26)15-16-8-7-13-24(14-16)21-18-11-5-6-12-19(18)22-20(23-21)17-9-3-2-4-10-17;1-14-6-3-8-16-17(14)19-13-20-18(16)21-9-4-7-15(12-21)22-10-5-11-24(22,2)23;1-24(23)10-4-9-22(24)13-5-3-8-21(11-13)17-14-6-2-7-15(18)16(14)19-12-20-17;1-21(19,20)10-12-5-4-8-18(9-12)15-13-6-2-3-7-14(13)16-11-17-15/h2,4,6-8,10-11,14,16H,3,5,9,12-13H2,1H3;2-6,9-12,16H,7-8,13-15H2,1H3;3,6,8,13,15H,2,4-5,7,9-12H2,1H3;2,6-7,12-13H,1,3-5,8-11H2;2-3,6-7,11-12H,4-5,8-10H2,1H3. The molecule has 19 rings (SSSR count). The molecular formula is C92H109ClFN17O8S5. The van der Waals surface area contributed by atoms with Crippen molar-refractivity contribution in [3.8, 4) is 11.4 Å². The average Bonchev–Trinajstić information content (AvgIpc) is 1.09. The second-order valence-corrected chi connectivity index (χ2v) is 45.6. The molecular weight excluding hydrogens is 1690 g/mol. The summed E-state index contributed by atoms with van der Waals surface area (Å²) in [6.07, 6.45) is 20.7. The molecule has 7 saturated heterocycles. The Labute approximate surface area is 733 Å². The van der Waals surface area contributed by atoms with E-state index in [9.17, 15) is 38.1 Å². The normalized spacial score (nSPS) is 22.3. The third kappa shape index (κ3) is 21.8. The summed E-state index contributed by atoms with van der Waals surface area (Å²) in [5.41, 5.74) is 7.11. The first kappa shape index (κ1) is 89.1. The lowest BCUT2D eigenvalue weighted by Crippen LogP contribution is -2.48. The van der Waals surface area contributed by atoms with Crippen molar-refractivity contribution in [3.63, 3.8) is 0 Å². The van der Waals surface area contributed by atoms with Gasteiger partial charge >= 0.3 is 0 Å². The number of anilines is 5. The van der Waals surface area contributed by atoms with Crippen molar-refractivity contribution < 1.29 is 38.1 Å². The van der Waals surface area contributed by atoms with Crippen LogP contribution in [0.5, 0.6) is 0 Å². The molecule has 0 amide bonds. The molecule has 0 radical (unpaired) electrons. The molecule has 0 saturated carbocycles. The lowest BCUT2D eigenvalue weighted by molar-refractivity contribution is 0.308. The number of hydrogen-bond acceptors (Lipinski definition) is 23. The second kappa shape index (κ2) is 39.0. The van der Waals surface area contributed by atoms with Crippen LogP contribution in [0, 0.1) is 37.4 Å².